The van der Waals surface area contributed by atoms with E-state index >= 15 is 0 Å². The molecule has 0 saturated carbocycles. The van der Waals surface area contributed by atoms with Gasteiger partial charge in [-0.2, -0.15) is 0 Å². The number of ether oxygens (including phenoxy) is 3. The molecule has 7 heteroatoms. The summed E-state index contributed by atoms with van der Waals surface area (Å²) < 4.78 is 17.4. The van der Waals surface area contributed by atoms with Crippen LogP contribution in [0.2, 0.25) is 0 Å². The average molecular weight is 476 g/mol. The highest BCUT2D eigenvalue weighted by atomic mass is 79.9. The van der Waals surface area contributed by atoms with Crippen LogP contribution in [0.4, 0.5) is 5.69 Å². The summed E-state index contributed by atoms with van der Waals surface area (Å²) in [5, 5.41) is 1.97. The third-order valence-electron chi connectivity index (χ3n) is 4.42. The van der Waals surface area contributed by atoms with Gasteiger partial charge in [0.1, 0.15) is 0 Å². The van der Waals surface area contributed by atoms with Crippen LogP contribution in [0.3, 0.4) is 0 Å². The Hall–Kier alpha value is -2.51. The van der Waals surface area contributed by atoms with Crippen molar-refractivity contribution in [3.63, 3.8) is 0 Å². The highest BCUT2D eigenvalue weighted by Crippen LogP contribution is 2.41. The molecule has 0 saturated heterocycles. The second-order valence-corrected chi connectivity index (χ2v) is 8.19. The number of anilines is 1. The van der Waals surface area contributed by atoms with E-state index in [1.165, 1.54) is 0 Å². The first-order valence-electron chi connectivity index (χ1n) is 8.93. The summed E-state index contributed by atoms with van der Waals surface area (Å²) in [7, 11) is 4.68. The Morgan fingerprint density at radius 2 is 1.66 bits per heavy atom. The number of hydrogen-bond donors (Lipinski definition) is 0. The second-order valence-electron chi connectivity index (χ2n) is 6.25. The molecule has 29 heavy (non-hydrogen) atoms. The van der Waals surface area contributed by atoms with Crippen LogP contribution in [0.1, 0.15) is 10.4 Å². The number of carbonyl (C=O) groups excluding carboxylic acids is 1. The van der Waals surface area contributed by atoms with Crippen LogP contribution in [0, 0.1) is 0 Å². The molecule has 0 aliphatic carbocycles. The molecule has 0 fully saturated rings. The highest BCUT2D eigenvalue weighted by molar-refractivity contribution is 9.10. The summed E-state index contributed by atoms with van der Waals surface area (Å²) in [5.74, 6) is 1.50. The van der Waals surface area contributed by atoms with Crippen LogP contribution in [0.15, 0.2) is 58.4 Å². The van der Waals surface area contributed by atoms with Gasteiger partial charge in [0.05, 0.1) is 40.0 Å². The summed E-state index contributed by atoms with van der Waals surface area (Å²) in [6, 6.07) is 15.4. The van der Waals surface area contributed by atoms with E-state index in [1.54, 1.807) is 49.7 Å². The first-order valence-corrected chi connectivity index (χ1v) is 10.6. The maximum Gasteiger partial charge on any atom is 0.232 e. The van der Waals surface area contributed by atoms with Gasteiger partial charge in [-0.3, -0.25) is 4.79 Å². The summed E-state index contributed by atoms with van der Waals surface area (Å²) in [6.07, 6.45) is 0.324. The molecular formula is C22H22BrNO4S. The topological polar surface area (TPSA) is 48.0 Å². The number of hydrogen-bond acceptors (Lipinski definition) is 5. The van der Waals surface area contributed by atoms with E-state index in [-0.39, 0.29) is 5.91 Å². The third kappa shape index (κ3) is 5.10. The lowest BCUT2D eigenvalue weighted by Gasteiger charge is -2.25. The molecular weight excluding hydrogens is 454 g/mol. The fourth-order valence-electron chi connectivity index (χ4n) is 2.98. The molecule has 0 atom stereocenters. The summed E-state index contributed by atoms with van der Waals surface area (Å²) in [6.45, 7) is 0.427. The van der Waals surface area contributed by atoms with Crippen LogP contribution >= 0.6 is 27.3 Å². The van der Waals surface area contributed by atoms with Gasteiger partial charge in [-0.25, -0.2) is 0 Å². The number of rotatable bonds is 8. The monoisotopic (exact) mass is 475 g/mol. The minimum atomic E-state index is -0.00959. The van der Waals surface area contributed by atoms with E-state index in [9.17, 15) is 4.79 Å². The van der Waals surface area contributed by atoms with Crippen molar-refractivity contribution >= 4 is 38.9 Å². The molecule has 1 heterocycles. The van der Waals surface area contributed by atoms with Gasteiger partial charge in [-0.05, 0) is 29.1 Å². The zero-order valence-corrected chi connectivity index (χ0v) is 18.9. The van der Waals surface area contributed by atoms with Crippen LogP contribution in [0.5, 0.6) is 17.2 Å². The van der Waals surface area contributed by atoms with Gasteiger partial charge in [0.15, 0.2) is 11.5 Å². The van der Waals surface area contributed by atoms with Gasteiger partial charge in [-0.1, -0.05) is 34.1 Å². The molecule has 0 unspecified atom stereocenters. The predicted molar refractivity (Wildman–Crippen MR) is 119 cm³/mol. The number of benzene rings is 2. The molecule has 2 aromatic carbocycles. The number of halogens is 1. The maximum absolute atomic E-state index is 13.2. The van der Waals surface area contributed by atoms with E-state index in [2.05, 4.69) is 15.9 Å². The lowest BCUT2D eigenvalue weighted by atomic mass is 10.1. The van der Waals surface area contributed by atoms with Gasteiger partial charge < -0.3 is 19.1 Å². The molecule has 0 N–H and O–H groups in total. The number of carbonyl (C=O) groups is 1. The standard InChI is InChI=1S/C22H22BrNO4S/c1-26-19-11-17(12-20(27-2)22(19)28-3)24(14-15-6-8-16(23)9-7-15)21(25)13-18-5-4-10-29-18/h4-12H,13-14H2,1-3H3. The molecule has 3 rings (SSSR count). The quantitative estimate of drug-likeness (QED) is 0.442. The van der Waals surface area contributed by atoms with Gasteiger partial charge >= 0.3 is 0 Å². The molecule has 3 aromatic rings. The van der Waals surface area contributed by atoms with Gasteiger partial charge in [0, 0.05) is 21.5 Å². The van der Waals surface area contributed by atoms with Crippen molar-refractivity contribution in [1.29, 1.82) is 0 Å². The smallest absolute Gasteiger partial charge is 0.232 e. The number of nitrogens with zero attached hydrogens (tertiary/aromatic N) is 1. The largest absolute Gasteiger partial charge is 0.493 e. The second kappa shape index (κ2) is 9.80. The summed E-state index contributed by atoms with van der Waals surface area (Å²) >= 11 is 5.02. The molecule has 1 aromatic heterocycles. The first-order chi connectivity index (χ1) is 14.0. The Bertz CT molecular complexity index is 932. The van der Waals surface area contributed by atoms with Crippen molar-refractivity contribution in [2.24, 2.45) is 0 Å². The lowest BCUT2D eigenvalue weighted by molar-refractivity contribution is -0.118. The van der Waals surface area contributed by atoms with E-state index in [0.29, 0.717) is 35.9 Å². The minimum absolute atomic E-state index is 0.00959. The summed E-state index contributed by atoms with van der Waals surface area (Å²) in [4.78, 5) is 16.0. The number of amides is 1. The Balaban J connectivity index is 2.01. The molecule has 0 aliphatic rings. The fraction of sp³-hybridized carbons (Fsp3) is 0.227. The van der Waals surface area contributed by atoms with E-state index in [4.69, 9.17) is 14.2 Å². The van der Waals surface area contributed by atoms with Crippen molar-refractivity contribution in [3.05, 3.63) is 68.8 Å². The number of methoxy groups -OCH3 is 3. The van der Waals surface area contributed by atoms with E-state index in [1.807, 2.05) is 41.8 Å². The Morgan fingerprint density at radius 3 is 2.17 bits per heavy atom. The van der Waals surface area contributed by atoms with Crippen LogP contribution in [0.25, 0.3) is 0 Å². The molecule has 0 bridgehead atoms. The molecule has 0 radical (unpaired) electrons. The van der Waals surface area contributed by atoms with Gasteiger partial charge in [0.2, 0.25) is 11.7 Å². The van der Waals surface area contributed by atoms with Crippen molar-refractivity contribution in [2.75, 3.05) is 26.2 Å². The lowest BCUT2D eigenvalue weighted by Crippen LogP contribution is -2.31. The van der Waals surface area contributed by atoms with E-state index < -0.39 is 0 Å². The molecule has 5 nitrogen and oxygen atoms in total. The van der Waals surface area contributed by atoms with Crippen molar-refractivity contribution in [3.8, 4) is 17.2 Å². The fourth-order valence-corrected chi connectivity index (χ4v) is 3.94. The highest BCUT2D eigenvalue weighted by Gasteiger charge is 2.22. The molecule has 1 amide bonds. The average Bonchev–Trinajstić information content (AvgIpc) is 3.25. The Morgan fingerprint density at radius 1 is 1.00 bits per heavy atom. The van der Waals surface area contributed by atoms with Crippen molar-refractivity contribution in [1.82, 2.24) is 0 Å². The Kier molecular flexibility index (Phi) is 7.17. The third-order valence-corrected chi connectivity index (χ3v) is 5.83. The van der Waals surface area contributed by atoms with Gasteiger partial charge in [-0.15, -0.1) is 11.3 Å². The Labute approximate surface area is 183 Å². The van der Waals surface area contributed by atoms with Crippen molar-refractivity contribution < 1.29 is 19.0 Å². The molecule has 152 valence electrons. The van der Waals surface area contributed by atoms with Crippen LogP contribution in [-0.4, -0.2) is 27.2 Å². The SMILES string of the molecule is COc1cc(N(Cc2ccc(Br)cc2)C(=O)Cc2cccs2)cc(OC)c1OC. The number of thiophene rings is 1. The van der Waals surface area contributed by atoms with Crippen molar-refractivity contribution in [2.45, 2.75) is 13.0 Å². The van der Waals surface area contributed by atoms with Gasteiger partial charge in [0.25, 0.3) is 0 Å². The van der Waals surface area contributed by atoms with Crippen LogP contribution < -0.4 is 19.1 Å². The molecule has 0 spiro atoms. The first kappa shape index (κ1) is 21.2. The zero-order chi connectivity index (χ0) is 20.8. The predicted octanol–water partition coefficient (Wildman–Crippen LogP) is 5.31. The van der Waals surface area contributed by atoms with Crippen LogP contribution in [-0.2, 0) is 17.8 Å². The zero-order valence-electron chi connectivity index (χ0n) is 16.5. The molecule has 0 aliphatic heterocycles. The normalized spacial score (nSPS) is 10.5. The summed E-state index contributed by atoms with van der Waals surface area (Å²) in [5.41, 5.74) is 1.70. The van der Waals surface area contributed by atoms with E-state index in [0.717, 1.165) is 14.9 Å². The maximum atomic E-state index is 13.2. The minimum Gasteiger partial charge on any atom is -0.493 e.